The summed E-state index contributed by atoms with van der Waals surface area (Å²) >= 11 is 9.19. The van der Waals surface area contributed by atoms with E-state index in [0.717, 1.165) is 4.47 Å². The lowest BCUT2D eigenvalue weighted by Gasteiger charge is -2.17. The van der Waals surface area contributed by atoms with Crippen LogP contribution in [0.5, 0.6) is 0 Å². The zero-order chi connectivity index (χ0) is 12.3. The first-order valence-corrected chi connectivity index (χ1v) is 5.99. The molecule has 0 aliphatic rings. The summed E-state index contributed by atoms with van der Waals surface area (Å²) in [7, 11) is 0. The number of rotatable bonds is 3. The molecule has 0 fully saturated rings. The van der Waals surface area contributed by atoms with Gasteiger partial charge in [-0.2, -0.15) is 0 Å². The number of amides is 1. The molecule has 1 rings (SSSR count). The van der Waals surface area contributed by atoms with Crippen molar-refractivity contribution in [3.05, 3.63) is 27.7 Å². The monoisotopic (exact) mass is 304 g/mol. The molecule has 3 nitrogen and oxygen atoms in total. The minimum absolute atomic E-state index is 0.120. The highest BCUT2D eigenvalue weighted by atomic mass is 79.9. The number of carbonyl (C=O) groups is 1. The van der Waals surface area contributed by atoms with Crippen LogP contribution in [0.1, 0.15) is 20.3 Å². The summed E-state index contributed by atoms with van der Waals surface area (Å²) in [4.78, 5) is 11.6. The van der Waals surface area contributed by atoms with E-state index in [2.05, 4.69) is 21.2 Å². The van der Waals surface area contributed by atoms with Gasteiger partial charge < -0.3 is 11.1 Å². The molecule has 0 aliphatic carbocycles. The average Bonchev–Trinajstić information content (AvgIpc) is 2.08. The SMILES string of the molecule is CC(C)(N)CC(=O)Nc1ccc(Br)c(Cl)c1. The number of hydrogen-bond acceptors (Lipinski definition) is 2. The minimum atomic E-state index is -0.511. The Morgan fingerprint density at radius 3 is 2.69 bits per heavy atom. The Morgan fingerprint density at radius 1 is 1.56 bits per heavy atom. The predicted octanol–water partition coefficient (Wildman–Crippen LogP) is 3.17. The first kappa shape index (κ1) is 13.5. The molecule has 0 aromatic heterocycles. The van der Waals surface area contributed by atoms with E-state index in [1.165, 1.54) is 0 Å². The minimum Gasteiger partial charge on any atom is -0.326 e. The molecular weight excluding hydrogens is 291 g/mol. The van der Waals surface area contributed by atoms with Crippen LogP contribution in [0.2, 0.25) is 5.02 Å². The van der Waals surface area contributed by atoms with Crippen LogP contribution in [-0.4, -0.2) is 11.4 Å². The second-order valence-corrected chi connectivity index (χ2v) is 5.60. The maximum absolute atomic E-state index is 11.6. The topological polar surface area (TPSA) is 55.1 Å². The highest BCUT2D eigenvalue weighted by Gasteiger charge is 2.16. The Hall–Kier alpha value is -0.580. The van der Waals surface area contributed by atoms with Crippen molar-refractivity contribution in [1.29, 1.82) is 0 Å². The Bertz CT molecular complexity index is 401. The van der Waals surface area contributed by atoms with Gasteiger partial charge in [-0.3, -0.25) is 4.79 Å². The second kappa shape index (κ2) is 5.17. The van der Waals surface area contributed by atoms with E-state index in [-0.39, 0.29) is 12.3 Å². The summed E-state index contributed by atoms with van der Waals surface area (Å²) in [5, 5.41) is 3.30. The lowest BCUT2D eigenvalue weighted by atomic mass is 10.0. The molecule has 0 atom stereocenters. The van der Waals surface area contributed by atoms with Gasteiger partial charge in [0.05, 0.1) is 5.02 Å². The van der Waals surface area contributed by atoms with Crippen LogP contribution in [0.25, 0.3) is 0 Å². The molecule has 88 valence electrons. The van der Waals surface area contributed by atoms with Gasteiger partial charge in [0, 0.05) is 22.1 Å². The van der Waals surface area contributed by atoms with Gasteiger partial charge in [-0.05, 0) is 48.0 Å². The van der Waals surface area contributed by atoms with Crippen molar-refractivity contribution in [2.45, 2.75) is 25.8 Å². The van der Waals surface area contributed by atoms with Crippen LogP contribution in [0.3, 0.4) is 0 Å². The van der Waals surface area contributed by atoms with Gasteiger partial charge in [-0.25, -0.2) is 0 Å². The van der Waals surface area contributed by atoms with Crippen LogP contribution < -0.4 is 11.1 Å². The maximum atomic E-state index is 11.6. The highest BCUT2D eigenvalue weighted by molar-refractivity contribution is 9.10. The van der Waals surface area contributed by atoms with Crippen molar-refractivity contribution in [2.75, 3.05) is 5.32 Å². The van der Waals surface area contributed by atoms with E-state index in [0.29, 0.717) is 10.7 Å². The third-order valence-electron chi connectivity index (χ3n) is 1.82. The standard InChI is InChI=1S/C11H14BrClN2O/c1-11(2,14)6-10(16)15-7-3-4-8(12)9(13)5-7/h3-5H,6,14H2,1-2H3,(H,15,16). The molecule has 3 N–H and O–H groups in total. The summed E-state index contributed by atoms with van der Waals surface area (Å²) in [6, 6.07) is 5.25. The number of halogens is 2. The Labute approximate surface area is 108 Å². The summed E-state index contributed by atoms with van der Waals surface area (Å²) in [5.74, 6) is -0.120. The molecule has 0 spiro atoms. The molecule has 5 heteroatoms. The quantitative estimate of drug-likeness (QED) is 0.901. The molecule has 0 unspecified atom stereocenters. The van der Waals surface area contributed by atoms with Crippen molar-refractivity contribution in [3.8, 4) is 0 Å². The summed E-state index contributed by atoms with van der Waals surface area (Å²) in [6.07, 6.45) is 0.265. The molecule has 0 aliphatic heterocycles. The third-order valence-corrected chi connectivity index (χ3v) is 3.05. The molecule has 0 saturated carbocycles. The zero-order valence-corrected chi connectivity index (χ0v) is 11.5. The first-order chi connectivity index (χ1) is 7.28. The van der Waals surface area contributed by atoms with Gasteiger partial charge in [0.2, 0.25) is 5.91 Å². The second-order valence-electron chi connectivity index (χ2n) is 4.34. The third kappa shape index (κ3) is 4.51. The largest absolute Gasteiger partial charge is 0.326 e. The molecule has 1 amide bonds. The van der Waals surface area contributed by atoms with Gasteiger partial charge in [-0.1, -0.05) is 11.6 Å². The van der Waals surface area contributed by atoms with Gasteiger partial charge in [0.1, 0.15) is 0 Å². The van der Waals surface area contributed by atoms with Crippen LogP contribution in [0, 0.1) is 0 Å². The predicted molar refractivity (Wildman–Crippen MR) is 70.7 cm³/mol. The lowest BCUT2D eigenvalue weighted by Crippen LogP contribution is -2.36. The number of nitrogens with two attached hydrogens (primary N) is 1. The molecular formula is C11H14BrClN2O. The number of nitrogens with one attached hydrogen (secondary N) is 1. The van der Waals surface area contributed by atoms with Crippen LogP contribution in [-0.2, 0) is 4.79 Å². The van der Waals surface area contributed by atoms with Gasteiger partial charge in [-0.15, -0.1) is 0 Å². The fraction of sp³-hybridized carbons (Fsp3) is 0.364. The first-order valence-electron chi connectivity index (χ1n) is 4.82. The van der Waals surface area contributed by atoms with E-state index in [4.69, 9.17) is 17.3 Å². The van der Waals surface area contributed by atoms with E-state index < -0.39 is 5.54 Å². The smallest absolute Gasteiger partial charge is 0.226 e. The Morgan fingerprint density at radius 2 is 2.19 bits per heavy atom. The van der Waals surface area contributed by atoms with Crippen molar-refractivity contribution in [3.63, 3.8) is 0 Å². The van der Waals surface area contributed by atoms with Crippen LogP contribution in [0.4, 0.5) is 5.69 Å². The zero-order valence-electron chi connectivity index (χ0n) is 9.18. The lowest BCUT2D eigenvalue weighted by molar-refractivity contribution is -0.117. The summed E-state index contributed by atoms with van der Waals surface area (Å²) in [5.41, 5.74) is 5.91. The van der Waals surface area contributed by atoms with Crippen molar-refractivity contribution < 1.29 is 4.79 Å². The molecule has 0 heterocycles. The Kier molecular flexibility index (Phi) is 4.35. The molecule has 1 aromatic carbocycles. The number of carbonyl (C=O) groups excluding carboxylic acids is 1. The molecule has 0 saturated heterocycles. The van der Waals surface area contributed by atoms with Crippen molar-refractivity contribution in [2.24, 2.45) is 5.73 Å². The number of benzene rings is 1. The number of anilines is 1. The summed E-state index contributed by atoms with van der Waals surface area (Å²) in [6.45, 7) is 3.61. The molecule has 16 heavy (non-hydrogen) atoms. The van der Waals surface area contributed by atoms with Crippen molar-refractivity contribution in [1.82, 2.24) is 0 Å². The number of hydrogen-bond donors (Lipinski definition) is 2. The molecule has 1 aromatic rings. The highest BCUT2D eigenvalue weighted by Crippen LogP contribution is 2.25. The summed E-state index contributed by atoms with van der Waals surface area (Å²) < 4.78 is 0.798. The molecule has 0 radical (unpaired) electrons. The van der Waals surface area contributed by atoms with Crippen LogP contribution >= 0.6 is 27.5 Å². The van der Waals surface area contributed by atoms with Crippen molar-refractivity contribution >= 4 is 39.1 Å². The fourth-order valence-electron chi connectivity index (χ4n) is 1.19. The Balaban J connectivity index is 2.67. The maximum Gasteiger partial charge on any atom is 0.226 e. The van der Waals surface area contributed by atoms with E-state index in [1.54, 1.807) is 32.0 Å². The van der Waals surface area contributed by atoms with Crippen LogP contribution in [0.15, 0.2) is 22.7 Å². The van der Waals surface area contributed by atoms with E-state index in [9.17, 15) is 4.79 Å². The van der Waals surface area contributed by atoms with Gasteiger partial charge in [0.15, 0.2) is 0 Å². The molecule has 0 bridgehead atoms. The average molecular weight is 306 g/mol. The normalized spacial score (nSPS) is 11.3. The van der Waals surface area contributed by atoms with Gasteiger partial charge >= 0.3 is 0 Å². The van der Waals surface area contributed by atoms with E-state index in [1.807, 2.05) is 0 Å². The fourth-order valence-corrected chi connectivity index (χ4v) is 1.62. The van der Waals surface area contributed by atoms with E-state index >= 15 is 0 Å². The van der Waals surface area contributed by atoms with Gasteiger partial charge in [0.25, 0.3) is 0 Å².